The van der Waals surface area contributed by atoms with E-state index in [9.17, 15) is 9.59 Å². The van der Waals surface area contributed by atoms with Gasteiger partial charge in [0.1, 0.15) is 6.42 Å². The van der Waals surface area contributed by atoms with Gasteiger partial charge < -0.3 is 10.6 Å². The number of nitrogens with one attached hydrogen (secondary N) is 2. The number of hydrogen-bond donors (Lipinski definition) is 2. The van der Waals surface area contributed by atoms with Crippen molar-refractivity contribution in [3.8, 4) is 6.07 Å². The molecule has 0 heterocycles. The van der Waals surface area contributed by atoms with Crippen LogP contribution >= 0.6 is 0 Å². The summed E-state index contributed by atoms with van der Waals surface area (Å²) < 4.78 is 0. The molecule has 0 radical (unpaired) electrons. The van der Waals surface area contributed by atoms with Gasteiger partial charge in [0.2, 0.25) is 11.8 Å². The number of benzene rings is 2. The molecule has 0 aliphatic carbocycles. The molecule has 0 aliphatic rings. The van der Waals surface area contributed by atoms with Crippen molar-refractivity contribution in [2.45, 2.75) is 13.3 Å². The third kappa shape index (κ3) is 4.46. The third-order valence-corrected chi connectivity index (χ3v) is 2.90. The minimum absolute atomic E-state index is 0.287. The number of anilines is 2. The molecule has 0 unspecified atom stereocenters. The van der Waals surface area contributed by atoms with Crippen LogP contribution in [0.5, 0.6) is 0 Å². The predicted molar refractivity (Wildman–Crippen MR) is 84.2 cm³/mol. The molecule has 22 heavy (non-hydrogen) atoms. The number of amides is 2. The number of aryl methyl sites for hydroxylation is 1. The minimum Gasteiger partial charge on any atom is -0.326 e. The van der Waals surface area contributed by atoms with Gasteiger partial charge in [-0.15, -0.1) is 0 Å². The predicted octanol–water partition coefficient (Wildman–Crippen LogP) is 2.83. The molecule has 0 fully saturated rings. The van der Waals surface area contributed by atoms with Crippen molar-refractivity contribution in [3.63, 3.8) is 0 Å². The highest BCUT2D eigenvalue weighted by Gasteiger charge is 2.10. The van der Waals surface area contributed by atoms with Crippen molar-refractivity contribution in [1.29, 1.82) is 5.26 Å². The fourth-order valence-electron chi connectivity index (χ4n) is 1.95. The highest BCUT2D eigenvalue weighted by molar-refractivity contribution is 6.08. The monoisotopic (exact) mass is 293 g/mol. The first-order chi connectivity index (χ1) is 10.6. The Morgan fingerprint density at radius 2 is 1.59 bits per heavy atom. The van der Waals surface area contributed by atoms with Crippen LogP contribution in [0.25, 0.3) is 0 Å². The van der Waals surface area contributed by atoms with Crippen LogP contribution in [0.4, 0.5) is 11.4 Å². The molecule has 0 bridgehead atoms. The molecular weight excluding hydrogens is 278 g/mol. The summed E-state index contributed by atoms with van der Waals surface area (Å²) in [5.41, 5.74) is 2.62. The molecule has 110 valence electrons. The average molecular weight is 293 g/mol. The largest absolute Gasteiger partial charge is 0.326 e. The Hall–Kier alpha value is -3.13. The van der Waals surface area contributed by atoms with Gasteiger partial charge in [-0.3, -0.25) is 9.59 Å². The summed E-state index contributed by atoms with van der Waals surface area (Å²) in [7, 11) is 0. The average Bonchev–Trinajstić information content (AvgIpc) is 2.47. The third-order valence-electron chi connectivity index (χ3n) is 2.90. The lowest BCUT2D eigenvalue weighted by atomic mass is 10.2. The summed E-state index contributed by atoms with van der Waals surface area (Å²) in [6, 6.07) is 15.9. The van der Waals surface area contributed by atoms with Crippen LogP contribution in [0.2, 0.25) is 0 Å². The zero-order chi connectivity index (χ0) is 15.9. The highest BCUT2D eigenvalue weighted by atomic mass is 16.2. The number of nitriles is 1. The standard InChI is InChI=1S/C17H15N3O2/c1-12-4-2-6-14(8-12)19-16(21)10-17(22)20-15-7-3-5-13(9-15)11-18/h2-9H,10H2,1H3,(H,19,21)(H,20,22). The lowest BCUT2D eigenvalue weighted by Crippen LogP contribution is -2.21. The van der Waals surface area contributed by atoms with Crippen LogP contribution in [-0.4, -0.2) is 11.8 Å². The molecule has 0 saturated carbocycles. The Morgan fingerprint density at radius 3 is 2.18 bits per heavy atom. The summed E-state index contributed by atoms with van der Waals surface area (Å²) in [5.74, 6) is -0.820. The van der Waals surface area contributed by atoms with Gasteiger partial charge >= 0.3 is 0 Å². The summed E-state index contributed by atoms with van der Waals surface area (Å²) in [5, 5.41) is 14.1. The van der Waals surface area contributed by atoms with Crippen molar-refractivity contribution in [3.05, 3.63) is 59.7 Å². The molecule has 2 amide bonds. The lowest BCUT2D eigenvalue weighted by molar-refractivity contribution is -0.123. The molecule has 0 aromatic heterocycles. The van der Waals surface area contributed by atoms with Gasteiger partial charge in [0.25, 0.3) is 0 Å². The second kappa shape index (κ2) is 7.04. The van der Waals surface area contributed by atoms with Crippen LogP contribution in [0.1, 0.15) is 17.5 Å². The summed E-state index contributed by atoms with van der Waals surface area (Å²) in [6.07, 6.45) is -0.287. The number of carbonyl (C=O) groups excluding carboxylic acids is 2. The first kappa shape index (κ1) is 15.3. The van der Waals surface area contributed by atoms with E-state index in [2.05, 4.69) is 10.6 Å². The number of hydrogen-bond acceptors (Lipinski definition) is 3. The fourth-order valence-corrected chi connectivity index (χ4v) is 1.95. The summed E-state index contributed by atoms with van der Waals surface area (Å²) in [4.78, 5) is 23.6. The maximum absolute atomic E-state index is 11.8. The van der Waals surface area contributed by atoms with Gasteiger partial charge in [-0.25, -0.2) is 0 Å². The van der Waals surface area contributed by atoms with Crippen molar-refractivity contribution in [2.24, 2.45) is 0 Å². The van der Waals surface area contributed by atoms with E-state index >= 15 is 0 Å². The zero-order valence-corrected chi connectivity index (χ0v) is 12.1. The molecule has 2 N–H and O–H groups in total. The molecule has 5 heteroatoms. The maximum Gasteiger partial charge on any atom is 0.233 e. The lowest BCUT2D eigenvalue weighted by Gasteiger charge is -2.07. The van der Waals surface area contributed by atoms with Gasteiger partial charge in [-0.2, -0.15) is 5.26 Å². The number of carbonyl (C=O) groups is 2. The van der Waals surface area contributed by atoms with E-state index in [0.717, 1.165) is 5.56 Å². The summed E-state index contributed by atoms with van der Waals surface area (Å²) in [6.45, 7) is 1.92. The van der Waals surface area contributed by atoms with Gasteiger partial charge in [0, 0.05) is 11.4 Å². The van der Waals surface area contributed by atoms with Gasteiger partial charge in [-0.05, 0) is 42.8 Å². The molecule has 0 aliphatic heterocycles. The zero-order valence-electron chi connectivity index (χ0n) is 12.1. The fraction of sp³-hybridized carbons (Fsp3) is 0.118. The van der Waals surface area contributed by atoms with E-state index < -0.39 is 5.91 Å². The normalized spacial score (nSPS) is 9.64. The Labute approximate surface area is 128 Å². The molecule has 0 atom stereocenters. The minimum atomic E-state index is -0.430. The Morgan fingerprint density at radius 1 is 1.00 bits per heavy atom. The van der Waals surface area contributed by atoms with E-state index in [4.69, 9.17) is 5.26 Å². The van der Waals surface area contributed by atoms with Gasteiger partial charge in [-0.1, -0.05) is 18.2 Å². The van der Waals surface area contributed by atoms with Gasteiger partial charge in [0.15, 0.2) is 0 Å². The topological polar surface area (TPSA) is 82.0 Å². The van der Waals surface area contributed by atoms with E-state index in [1.165, 1.54) is 0 Å². The first-order valence-electron chi connectivity index (χ1n) is 6.73. The Bertz CT molecular complexity index is 748. The van der Waals surface area contributed by atoms with Crippen molar-refractivity contribution < 1.29 is 9.59 Å². The SMILES string of the molecule is Cc1cccc(NC(=O)CC(=O)Nc2cccc(C#N)c2)c1. The van der Waals surface area contributed by atoms with Crippen LogP contribution in [-0.2, 0) is 9.59 Å². The molecule has 0 spiro atoms. The van der Waals surface area contributed by atoms with Crippen LogP contribution in [0.15, 0.2) is 48.5 Å². The number of nitrogens with zero attached hydrogens (tertiary/aromatic N) is 1. The molecule has 2 aromatic carbocycles. The van der Waals surface area contributed by atoms with Crippen molar-refractivity contribution in [2.75, 3.05) is 10.6 Å². The molecule has 2 aromatic rings. The van der Waals surface area contributed by atoms with E-state index in [1.54, 1.807) is 30.3 Å². The quantitative estimate of drug-likeness (QED) is 0.850. The maximum atomic E-state index is 11.8. The summed E-state index contributed by atoms with van der Waals surface area (Å²) >= 11 is 0. The Kier molecular flexibility index (Phi) is 4.89. The van der Waals surface area contributed by atoms with Crippen molar-refractivity contribution >= 4 is 23.2 Å². The van der Waals surface area contributed by atoms with Gasteiger partial charge in [0.05, 0.1) is 11.6 Å². The Balaban J connectivity index is 1.91. The smallest absolute Gasteiger partial charge is 0.233 e. The second-order valence-electron chi connectivity index (χ2n) is 4.84. The highest BCUT2D eigenvalue weighted by Crippen LogP contribution is 2.12. The van der Waals surface area contributed by atoms with Crippen molar-refractivity contribution in [1.82, 2.24) is 0 Å². The molecule has 0 saturated heterocycles. The van der Waals surface area contributed by atoms with E-state index in [-0.39, 0.29) is 12.3 Å². The number of rotatable bonds is 4. The van der Waals surface area contributed by atoms with E-state index in [0.29, 0.717) is 16.9 Å². The first-order valence-corrected chi connectivity index (χ1v) is 6.73. The molecule has 5 nitrogen and oxygen atoms in total. The van der Waals surface area contributed by atoms with E-state index in [1.807, 2.05) is 31.2 Å². The van der Waals surface area contributed by atoms with Crippen LogP contribution in [0, 0.1) is 18.3 Å². The molecular formula is C17H15N3O2. The van der Waals surface area contributed by atoms with Crippen LogP contribution in [0.3, 0.4) is 0 Å². The second-order valence-corrected chi connectivity index (χ2v) is 4.84. The molecule has 2 rings (SSSR count). The van der Waals surface area contributed by atoms with Crippen LogP contribution < -0.4 is 10.6 Å².